The maximum Gasteiger partial charge on any atom is 0.339 e. The fraction of sp³-hybridized carbons (Fsp3) is 0.0667. The number of methoxy groups -OCH3 is 1. The summed E-state index contributed by atoms with van der Waals surface area (Å²) in [6, 6.07) is 4.92. The molecule has 2 aromatic carbocycles. The summed E-state index contributed by atoms with van der Waals surface area (Å²) in [5.74, 6) is -2.43. The number of carbonyl (C=O) groups is 2. The highest BCUT2D eigenvalue weighted by Crippen LogP contribution is 2.31. The first-order valence-corrected chi connectivity index (χ1v) is 7.77. The number of esters is 1. The summed E-state index contributed by atoms with van der Waals surface area (Å²) in [7, 11) is 1.22. The van der Waals surface area contributed by atoms with E-state index in [0.717, 1.165) is 0 Å². The van der Waals surface area contributed by atoms with Crippen molar-refractivity contribution in [1.82, 2.24) is 0 Å². The Morgan fingerprint density at radius 2 is 1.24 bits per heavy atom. The standard InChI is InChI=1S/C8H6Cl2O3.C7H4Cl2O3/c1-13-8(12)5-2-4(9)3-6(11)7(5)10;8-3-1-4(7(11)12)6(9)5(10)2-3/h2-3,11H,1H3;1-2,10H,(H,11,12). The van der Waals surface area contributed by atoms with E-state index in [9.17, 15) is 14.7 Å². The average Bonchev–Trinajstić information content (AvgIpc) is 2.53. The van der Waals surface area contributed by atoms with Crippen molar-refractivity contribution in [3.05, 3.63) is 55.5 Å². The zero-order valence-electron chi connectivity index (χ0n) is 12.4. The summed E-state index contributed by atoms with van der Waals surface area (Å²) >= 11 is 22.2. The first-order valence-electron chi connectivity index (χ1n) is 6.26. The molecule has 0 saturated heterocycles. The van der Waals surface area contributed by atoms with E-state index in [1.165, 1.54) is 31.4 Å². The summed E-state index contributed by atoms with van der Waals surface area (Å²) in [6.45, 7) is 0. The van der Waals surface area contributed by atoms with Gasteiger partial charge in [0, 0.05) is 22.2 Å². The Bertz CT molecular complexity index is 822. The van der Waals surface area contributed by atoms with Gasteiger partial charge in [-0.2, -0.15) is 0 Å². The number of hydrogen-bond acceptors (Lipinski definition) is 5. The van der Waals surface area contributed by atoms with E-state index < -0.39 is 11.9 Å². The van der Waals surface area contributed by atoms with Gasteiger partial charge in [0.2, 0.25) is 0 Å². The van der Waals surface area contributed by atoms with E-state index in [4.69, 9.17) is 56.6 Å². The normalized spacial score (nSPS) is 9.80. The predicted molar refractivity (Wildman–Crippen MR) is 94.6 cm³/mol. The van der Waals surface area contributed by atoms with Gasteiger partial charge in [0.05, 0.1) is 28.3 Å². The molecule has 3 N–H and O–H groups in total. The molecule has 0 heterocycles. The van der Waals surface area contributed by atoms with Crippen molar-refractivity contribution < 1.29 is 29.6 Å². The number of hydrogen-bond donors (Lipinski definition) is 3. The first-order chi connectivity index (χ1) is 11.6. The van der Waals surface area contributed by atoms with Crippen molar-refractivity contribution in [1.29, 1.82) is 0 Å². The van der Waals surface area contributed by atoms with Crippen LogP contribution in [0.25, 0.3) is 0 Å². The maximum absolute atomic E-state index is 11.1. The van der Waals surface area contributed by atoms with Crippen molar-refractivity contribution in [2.24, 2.45) is 0 Å². The molecular weight excluding hydrogens is 418 g/mol. The molecule has 6 nitrogen and oxygen atoms in total. The number of aromatic hydroxyl groups is 2. The number of ether oxygens (including phenoxy) is 1. The van der Waals surface area contributed by atoms with Crippen molar-refractivity contribution in [3.63, 3.8) is 0 Å². The van der Waals surface area contributed by atoms with Crippen LogP contribution in [0.15, 0.2) is 24.3 Å². The van der Waals surface area contributed by atoms with Gasteiger partial charge >= 0.3 is 11.9 Å². The fourth-order valence-electron chi connectivity index (χ4n) is 1.56. The highest BCUT2D eigenvalue weighted by Gasteiger charge is 2.15. The number of carbonyl (C=O) groups excluding carboxylic acids is 1. The predicted octanol–water partition coefficient (Wildman–Crippen LogP) is 4.88. The second kappa shape index (κ2) is 9.01. The Morgan fingerprint density at radius 1 is 0.840 bits per heavy atom. The largest absolute Gasteiger partial charge is 0.506 e. The van der Waals surface area contributed by atoms with Gasteiger partial charge in [-0.25, -0.2) is 9.59 Å². The van der Waals surface area contributed by atoms with Gasteiger partial charge in [0.25, 0.3) is 0 Å². The summed E-state index contributed by atoms with van der Waals surface area (Å²) in [5.41, 5.74) is -0.157. The third-order valence-corrected chi connectivity index (χ3v) is 3.90. The Kier molecular flexibility index (Phi) is 7.63. The molecule has 2 rings (SSSR count). The van der Waals surface area contributed by atoms with E-state index in [1.807, 2.05) is 0 Å². The Morgan fingerprint density at radius 3 is 1.64 bits per heavy atom. The molecule has 0 radical (unpaired) electrons. The molecule has 134 valence electrons. The third kappa shape index (κ3) is 5.57. The minimum atomic E-state index is -1.22. The molecule has 0 bridgehead atoms. The zero-order valence-corrected chi connectivity index (χ0v) is 15.4. The number of carboxylic acid groups (broad SMARTS) is 1. The van der Waals surface area contributed by atoms with Crippen LogP contribution in [-0.4, -0.2) is 34.4 Å². The number of aromatic carboxylic acids is 1. The summed E-state index contributed by atoms with van der Waals surface area (Å²) in [5, 5.41) is 26.9. The molecule has 0 aliphatic heterocycles. The molecule has 0 unspecified atom stereocenters. The third-order valence-electron chi connectivity index (χ3n) is 2.67. The lowest BCUT2D eigenvalue weighted by Crippen LogP contribution is -2.01. The Balaban J connectivity index is 0.000000251. The number of benzene rings is 2. The molecule has 0 aliphatic carbocycles. The van der Waals surface area contributed by atoms with Gasteiger partial charge in [-0.1, -0.05) is 46.4 Å². The average molecular weight is 428 g/mol. The van der Waals surface area contributed by atoms with Gasteiger partial charge in [-0.3, -0.25) is 0 Å². The highest BCUT2D eigenvalue weighted by atomic mass is 35.5. The fourth-order valence-corrected chi connectivity index (χ4v) is 2.36. The number of halogens is 4. The maximum atomic E-state index is 11.1. The van der Waals surface area contributed by atoms with E-state index in [0.29, 0.717) is 0 Å². The summed E-state index contributed by atoms with van der Waals surface area (Å²) < 4.78 is 4.43. The highest BCUT2D eigenvalue weighted by molar-refractivity contribution is 6.37. The van der Waals surface area contributed by atoms with Crippen LogP contribution in [0.2, 0.25) is 20.1 Å². The zero-order chi connectivity index (χ0) is 19.3. The summed E-state index contributed by atoms with van der Waals surface area (Å²) in [6.07, 6.45) is 0. The minimum Gasteiger partial charge on any atom is -0.506 e. The molecule has 0 saturated carbocycles. The number of phenols is 2. The second-order valence-electron chi connectivity index (χ2n) is 4.37. The van der Waals surface area contributed by atoms with Crippen LogP contribution >= 0.6 is 46.4 Å². The first kappa shape index (κ1) is 21.2. The van der Waals surface area contributed by atoms with E-state index in [-0.39, 0.29) is 42.7 Å². The van der Waals surface area contributed by atoms with Crippen LogP contribution in [0, 0.1) is 0 Å². The number of phenolic OH excluding ortho intramolecular Hbond substituents is 2. The quantitative estimate of drug-likeness (QED) is 0.589. The summed E-state index contributed by atoms with van der Waals surface area (Å²) in [4.78, 5) is 21.5. The SMILES string of the molecule is COC(=O)c1cc(Cl)cc(O)c1Cl.O=C(O)c1cc(Cl)cc(O)c1Cl. The Hall–Kier alpha value is -1.86. The molecule has 0 atom stereocenters. The van der Waals surface area contributed by atoms with E-state index in [2.05, 4.69) is 4.74 Å². The lowest BCUT2D eigenvalue weighted by atomic mass is 10.2. The van der Waals surface area contributed by atoms with Gasteiger partial charge < -0.3 is 20.1 Å². The topological polar surface area (TPSA) is 104 Å². The van der Waals surface area contributed by atoms with Crippen LogP contribution in [-0.2, 0) is 4.74 Å². The van der Waals surface area contributed by atoms with Crippen LogP contribution in [0.1, 0.15) is 20.7 Å². The Labute approximate surface area is 162 Å². The second-order valence-corrected chi connectivity index (χ2v) is 6.00. The molecule has 0 aliphatic rings. The lowest BCUT2D eigenvalue weighted by molar-refractivity contribution is 0.0599. The van der Waals surface area contributed by atoms with Crippen LogP contribution in [0.4, 0.5) is 0 Å². The van der Waals surface area contributed by atoms with Crippen LogP contribution in [0.3, 0.4) is 0 Å². The van der Waals surface area contributed by atoms with Gasteiger partial charge in [-0.15, -0.1) is 0 Å². The van der Waals surface area contributed by atoms with Crippen molar-refractivity contribution in [2.45, 2.75) is 0 Å². The van der Waals surface area contributed by atoms with Gasteiger partial charge in [0.1, 0.15) is 11.5 Å². The molecular formula is C15H10Cl4O6. The van der Waals surface area contributed by atoms with Crippen molar-refractivity contribution in [3.8, 4) is 11.5 Å². The molecule has 2 aromatic rings. The molecule has 0 aromatic heterocycles. The molecule has 0 amide bonds. The van der Waals surface area contributed by atoms with Crippen LogP contribution in [0.5, 0.6) is 11.5 Å². The van der Waals surface area contributed by atoms with E-state index in [1.54, 1.807) is 0 Å². The molecule has 10 heteroatoms. The van der Waals surface area contributed by atoms with Gasteiger partial charge in [0.15, 0.2) is 0 Å². The van der Waals surface area contributed by atoms with Gasteiger partial charge in [-0.05, 0) is 12.1 Å². The molecule has 0 spiro atoms. The van der Waals surface area contributed by atoms with Crippen molar-refractivity contribution in [2.75, 3.05) is 7.11 Å². The molecule has 25 heavy (non-hydrogen) atoms. The number of carboxylic acids is 1. The smallest absolute Gasteiger partial charge is 0.339 e. The monoisotopic (exact) mass is 426 g/mol. The lowest BCUT2D eigenvalue weighted by Gasteiger charge is -2.04. The minimum absolute atomic E-state index is 0.0502. The van der Waals surface area contributed by atoms with E-state index >= 15 is 0 Å². The van der Waals surface area contributed by atoms with Crippen LogP contribution < -0.4 is 0 Å². The molecule has 0 fully saturated rings. The number of rotatable bonds is 2. The van der Waals surface area contributed by atoms with Crippen molar-refractivity contribution >= 4 is 58.3 Å².